The van der Waals surface area contributed by atoms with Gasteiger partial charge in [-0.2, -0.15) is 0 Å². The number of hydrogen-bond acceptors (Lipinski definition) is 2. The summed E-state index contributed by atoms with van der Waals surface area (Å²) in [6.45, 7) is 2.38. The molecule has 0 saturated carbocycles. The molecular formula is C12H16F2N2O. The molecule has 0 heterocycles. The SMILES string of the molecule is CCC(N)CCNC(=O)c1ccc(F)c(F)c1. The molecule has 0 spiro atoms. The summed E-state index contributed by atoms with van der Waals surface area (Å²) < 4.78 is 25.5. The van der Waals surface area contributed by atoms with Crippen LogP contribution in [0.4, 0.5) is 8.78 Å². The van der Waals surface area contributed by atoms with Crippen molar-refractivity contribution in [2.24, 2.45) is 5.73 Å². The highest BCUT2D eigenvalue weighted by atomic mass is 19.2. The normalized spacial score (nSPS) is 12.2. The molecule has 0 aliphatic rings. The van der Waals surface area contributed by atoms with Crippen LogP contribution < -0.4 is 11.1 Å². The largest absolute Gasteiger partial charge is 0.352 e. The van der Waals surface area contributed by atoms with Crippen LogP contribution in [-0.4, -0.2) is 18.5 Å². The van der Waals surface area contributed by atoms with E-state index in [1.807, 2.05) is 6.92 Å². The molecule has 3 N–H and O–H groups in total. The number of rotatable bonds is 5. The lowest BCUT2D eigenvalue weighted by molar-refractivity contribution is 0.0952. The first-order valence-corrected chi connectivity index (χ1v) is 5.53. The van der Waals surface area contributed by atoms with Crippen molar-refractivity contribution in [3.63, 3.8) is 0 Å². The van der Waals surface area contributed by atoms with Gasteiger partial charge in [0.15, 0.2) is 11.6 Å². The number of benzene rings is 1. The summed E-state index contributed by atoms with van der Waals surface area (Å²) in [6, 6.07) is 3.10. The topological polar surface area (TPSA) is 55.1 Å². The molecular weight excluding hydrogens is 226 g/mol. The minimum absolute atomic E-state index is 0.0419. The predicted octanol–water partition coefficient (Wildman–Crippen LogP) is 1.82. The molecule has 1 aromatic carbocycles. The Morgan fingerprint density at radius 3 is 2.71 bits per heavy atom. The molecule has 5 heteroatoms. The Balaban J connectivity index is 2.50. The van der Waals surface area contributed by atoms with Crippen LogP contribution in [0.1, 0.15) is 30.1 Å². The summed E-state index contributed by atoms with van der Waals surface area (Å²) in [4.78, 5) is 11.5. The summed E-state index contributed by atoms with van der Waals surface area (Å²) in [5.74, 6) is -2.41. The Kier molecular flexibility index (Phi) is 5.03. The fourth-order valence-electron chi connectivity index (χ4n) is 1.31. The molecule has 94 valence electrons. The van der Waals surface area contributed by atoms with E-state index in [1.165, 1.54) is 6.07 Å². The van der Waals surface area contributed by atoms with Crippen LogP contribution in [0.15, 0.2) is 18.2 Å². The highest BCUT2D eigenvalue weighted by molar-refractivity contribution is 5.94. The molecule has 0 radical (unpaired) electrons. The minimum Gasteiger partial charge on any atom is -0.352 e. The van der Waals surface area contributed by atoms with Crippen molar-refractivity contribution in [1.29, 1.82) is 0 Å². The molecule has 17 heavy (non-hydrogen) atoms. The van der Waals surface area contributed by atoms with Crippen LogP contribution in [-0.2, 0) is 0 Å². The summed E-state index contributed by atoms with van der Waals surface area (Å²) in [5.41, 5.74) is 5.79. The molecule has 1 amide bonds. The summed E-state index contributed by atoms with van der Waals surface area (Å²) in [6.07, 6.45) is 1.49. The van der Waals surface area contributed by atoms with Gasteiger partial charge in [0.1, 0.15) is 0 Å². The number of nitrogens with two attached hydrogens (primary N) is 1. The van der Waals surface area contributed by atoms with Crippen molar-refractivity contribution >= 4 is 5.91 Å². The number of carbonyl (C=O) groups excluding carboxylic acids is 1. The molecule has 0 aliphatic heterocycles. The summed E-state index contributed by atoms with van der Waals surface area (Å²) >= 11 is 0. The lowest BCUT2D eigenvalue weighted by atomic mass is 10.1. The Bertz CT molecular complexity index is 396. The number of hydrogen-bond donors (Lipinski definition) is 2. The first-order valence-electron chi connectivity index (χ1n) is 5.53. The molecule has 0 aliphatic carbocycles. The highest BCUT2D eigenvalue weighted by Crippen LogP contribution is 2.08. The maximum atomic E-state index is 12.9. The van der Waals surface area contributed by atoms with E-state index in [4.69, 9.17) is 5.73 Å². The van der Waals surface area contributed by atoms with Crippen LogP contribution >= 0.6 is 0 Å². The molecule has 0 aromatic heterocycles. The Morgan fingerprint density at radius 2 is 2.12 bits per heavy atom. The smallest absolute Gasteiger partial charge is 0.251 e. The molecule has 0 saturated heterocycles. The summed E-state index contributed by atoms with van der Waals surface area (Å²) in [7, 11) is 0. The first kappa shape index (κ1) is 13.6. The standard InChI is InChI=1S/C12H16F2N2O/c1-2-9(15)5-6-16-12(17)8-3-4-10(13)11(14)7-8/h3-4,7,9H,2,5-6,15H2,1H3,(H,16,17). The number of halogens is 2. The molecule has 0 bridgehead atoms. The lowest BCUT2D eigenvalue weighted by Crippen LogP contribution is -2.30. The number of carbonyl (C=O) groups is 1. The van der Waals surface area contributed by atoms with Crippen LogP contribution in [0.5, 0.6) is 0 Å². The van der Waals surface area contributed by atoms with E-state index in [-0.39, 0.29) is 11.6 Å². The van der Waals surface area contributed by atoms with Crippen molar-refractivity contribution in [1.82, 2.24) is 5.32 Å². The van der Waals surface area contributed by atoms with Crippen molar-refractivity contribution < 1.29 is 13.6 Å². The maximum Gasteiger partial charge on any atom is 0.251 e. The van der Waals surface area contributed by atoms with Crippen molar-refractivity contribution in [3.05, 3.63) is 35.4 Å². The van der Waals surface area contributed by atoms with Crippen molar-refractivity contribution in [3.8, 4) is 0 Å². The fourth-order valence-corrected chi connectivity index (χ4v) is 1.31. The lowest BCUT2D eigenvalue weighted by Gasteiger charge is -2.09. The van der Waals surface area contributed by atoms with Gasteiger partial charge in [-0.3, -0.25) is 4.79 Å². The zero-order valence-electron chi connectivity index (χ0n) is 9.67. The van der Waals surface area contributed by atoms with Gasteiger partial charge in [0.05, 0.1) is 0 Å². The second-order valence-corrected chi connectivity index (χ2v) is 3.84. The van der Waals surface area contributed by atoms with Gasteiger partial charge in [0, 0.05) is 18.2 Å². The first-order chi connectivity index (χ1) is 8.04. The van der Waals surface area contributed by atoms with Crippen molar-refractivity contribution in [2.75, 3.05) is 6.54 Å². The van der Waals surface area contributed by atoms with Gasteiger partial charge < -0.3 is 11.1 Å². The highest BCUT2D eigenvalue weighted by Gasteiger charge is 2.09. The van der Waals surface area contributed by atoms with Gasteiger partial charge in [-0.05, 0) is 31.0 Å². The van der Waals surface area contributed by atoms with E-state index in [1.54, 1.807) is 0 Å². The molecule has 1 unspecified atom stereocenters. The Morgan fingerprint density at radius 1 is 1.41 bits per heavy atom. The van der Waals surface area contributed by atoms with E-state index >= 15 is 0 Å². The van der Waals surface area contributed by atoms with Gasteiger partial charge in [0.25, 0.3) is 5.91 Å². The summed E-state index contributed by atoms with van der Waals surface area (Å²) in [5, 5.41) is 2.60. The molecule has 1 atom stereocenters. The third-order valence-corrected chi connectivity index (χ3v) is 2.51. The Hall–Kier alpha value is -1.49. The van der Waals surface area contributed by atoms with Crippen molar-refractivity contribution in [2.45, 2.75) is 25.8 Å². The number of amides is 1. The zero-order valence-corrected chi connectivity index (χ0v) is 9.67. The van der Waals surface area contributed by atoms with Gasteiger partial charge in [-0.25, -0.2) is 8.78 Å². The molecule has 0 fully saturated rings. The van der Waals surface area contributed by atoms with E-state index in [0.29, 0.717) is 13.0 Å². The van der Waals surface area contributed by atoms with Crippen LogP contribution in [0.25, 0.3) is 0 Å². The third kappa shape index (κ3) is 4.11. The van der Waals surface area contributed by atoms with Crippen LogP contribution in [0.3, 0.4) is 0 Å². The maximum absolute atomic E-state index is 12.9. The zero-order chi connectivity index (χ0) is 12.8. The van der Waals surface area contributed by atoms with E-state index in [9.17, 15) is 13.6 Å². The molecule has 1 aromatic rings. The van der Waals surface area contributed by atoms with E-state index in [0.717, 1.165) is 18.6 Å². The van der Waals surface area contributed by atoms with Crippen LogP contribution in [0, 0.1) is 11.6 Å². The minimum atomic E-state index is -1.03. The van der Waals surface area contributed by atoms with Gasteiger partial charge >= 0.3 is 0 Å². The van der Waals surface area contributed by atoms with Crippen LogP contribution in [0.2, 0.25) is 0 Å². The van der Waals surface area contributed by atoms with Gasteiger partial charge in [-0.15, -0.1) is 0 Å². The molecule has 3 nitrogen and oxygen atoms in total. The number of nitrogens with one attached hydrogen (secondary N) is 1. The quantitative estimate of drug-likeness (QED) is 0.827. The Labute approximate surface area is 99.0 Å². The van der Waals surface area contributed by atoms with E-state index in [2.05, 4.69) is 5.32 Å². The van der Waals surface area contributed by atoms with E-state index < -0.39 is 17.5 Å². The second kappa shape index (κ2) is 6.30. The fraction of sp³-hybridized carbons (Fsp3) is 0.417. The second-order valence-electron chi connectivity index (χ2n) is 3.84. The molecule has 1 rings (SSSR count). The monoisotopic (exact) mass is 242 g/mol. The average Bonchev–Trinajstić information content (AvgIpc) is 2.32. The van der Waals surface area contributed by atoms with Gasteiger partial charge in [-0.1, -0.05) is 6.92 Å². The average molecular weight is 242 g/mol. The predicted molar refractivity (Wildman–Crippen MR) is 61.6 cm³/mol. The third-order valence-electron chi connectivity index (χ3n) is 2.51. The van der Waals surface area contributed by atoms with Gasteiger partial charge in [0.2, 0.25) is 0 Å².